The maximum absolute atomic E-state index is 5.96. The standard InChI is InChI=1S/C23H29N7O/c1-16-7-6-9-19(17(16)2)30-13-11-29(12-14-30)15-21-26-22(24)28-23(27-21)25-18-8-4-5-10-20(18)31-3/h4-10H,11-15H2,1-3H3,(H3,24,25,26,27,28). The van der Waals surface area contributed by atoms with Gasteiger partial charge in [0.05, 0.1) is 19.3 Å². The predicted molar refractivity (Wildman–Crippen MR) is 124 cm³/mol. The molecule has 1 aliphatic rings. The van der Waals surface area contributed by atoms with E-state index in [-0.39, 0.29) is 5.95 Å². The van der Waals surface area contributed by atoms with Crippen LogP contribution in [0.3, 0.4) is 0 Å². The molecule has 2 heterocycles. The van der Waals surface area contributed by atoms with E-state index in [1.54, 1.807) is 7.11 Å². The second-order valence-electron chi connectivity index (χ2n) is 7.74. The average Bonchev–Trinajstić information content (AvgIpc) is 2.76. The first-order valence-electron chi connectivity index (χ1n) is 10.5. The number of rotatable bonds is 6. The zero-order valence-corrected chi connectivity index (χ0v) is 18.3. The predicted octanol–water partition coefficient (Wildman–Crippen LogP) is 3.15. The Bertz CT molecular complexity index is 1050. The summed E-state index contributed by atoms with van der Waals surface area (Å²) < 4.78 is 5.38. The summed E-state index contributed by atoms with van der Waals surface area (Å²) in [6, 6.07) is 14.1. The molecule has 2 aromatic carbocycles. The molecule has 3 aromatic rings. The maximum atomic E-state index is 5.96. The van der Waals surface area contributed by atoms with Crippen molar-refractivity contribution in [1.82, 2.24) is 19.9 Å². The molecule has 1 aromatic heterocycles. The fourth-order valence-corrected chi connectivity index (χ4v) is 3.86. The minimum Gasteiger partial charge on any atom is -0.495 e. The molecule has 8 nitrogen and oxygen atoms in total. The summed E-state index contributed by atoms with van der Waals surface area (Å²) in [4.78, 5) is 18.0. The van der Waals surface area contributed by atoms with E-state index in [0.717, 1.165) is 31.9 Å². The fourth-order valence-electron chi connectivity index (χ4n) is 3.86. The Balaban J connectivity index is 1.42. The maximum Gasteiger partial charge on any atom is 0.232 e. The molecule has 0 spiro atoms. The van der Waals surface area contributed by atoms with Crippen molar-refractivity contribution in [2.45, 2.75) is 20.4 Å². The molecule has 0 atom stereocenters. The summed E-state index contributed by atoms with van der Waals surface area (Å²) in [5, 5.41) is 3.19. The zero-order valence-electron chi connectivity index (χ0n) is 18.3. The monoisotopic (exact) mass is 419 g/mol. The number of anilines is 4. The fraction of sp³-hybridized carbons (Fsp3) is 0.348. The van der Waals surface area contributed by atoms with E-state index in [9.17, 15) is 0 Å². The molecular formula is C23H29N7O. The van der Waals surface area contributed by atoms with Crippen LogP contribution in [-0.2, 0) is 6.54 Å². The Labute approximate surface area is 183 Å². The molecule has 0 saturated carbocycles. The van der Waals surface area contributed by atoms with Gasteiger partial charge in [-0.05, 0) is 43.2 Å². The number of hydrogen-bond acceptors (Lipinski definition) is 8. The van der Waals surface area contributed by atoms with Gasteiger partial charge in [-0.3, -0.25) is 4.90 Å². The van der Waals surface area contributed by atoms with Crippen molar-refractivity contribution < 1.29 is 4.74 Å². The zero-order chi connectivity index (χ0) is 21.8. The summed E-state index contributed by atoms with van der Waals surface area (Å²) in [6.45, 7) is 8.81. The largest absolute Gasteiger partial charge is 0.495 e. The summed E-state index contributed by atoms with van der Waals surface area (Å²) in [6.07, 6.45) is 0. The van der Waals surface area contributed by atoms with Crippen molar-refractivity contribution >= 4 is 23.3 Å². The quantitative estimate of drug-likeness (QED) is 0.630. The van der Waals surface area contributed by atoms with Crippen LogP contribution in [0, 0.1) is 13.8 Å². The van der Waals surface area contributed by atoms with Gasteiger partial charge < -0.3 is 20.7 Å². The van der Waals surface area contributed by atoms with E-state index >= 15 is 0 Å². The van der Waals surface area contributed by atoms with E-state index in [2.05, 4.69) is 62.1 Å². The van der Waals surface area contributed by atoms with Crippen LogP contribution in [0.15, 0.2) is 42.5 Å². The smallest absolute Gasteiger partial charge is 0.232 e. The number of piperazine rings is 1. The molecule has 4 rings (SSSR count). The highest BCUT2D eigenvalue weighted by Gasteiger charge is 2.20. The third kappa shape index (κ3) is 4.86. The van der Waals surface area contributed by atoms with Crippen molar-refractivity contribution in [3.63, 3.8) is 0 Å². The SMILES string of the molecule is COc1ccccc1Nc1nc(N)nc(CN2CCN(c3cccc(C)c3C)CC2)n1. The van der Waals surface area contributed by atoms with Gasteiger partial charge in [-0.15, -0.1) is 0 Å². The van der Waals surface area contributed by atoms with Crippen LogP contribution in [0.2, 0.25) is 0 Å². The van der Waals surface area contributed by atoms with Gasteiger partial charge in [0.1, 0.15) is 11.6 Å². The molecule has 31 heavy (non-hydrogen) atoms. The molecule has 0 unspecified atom stereocenters. The first-order chi connectivity index (χ1) is 15.0. The minimum absolute atomic E-state index is 0.205. The van der Waals surface area contributed by atoms with Gasteiger partial charge in [-0.2, -0.15) is 15.0 Å². The van der Waals surface area contributed by atoms with Crippen LogP contribution in [0.25, 0.3) is 0 Å². The summed E-state index contributed by atoms with van der Waals surface area (Å²) >= 11 is 0. The van der Waals surface area contributed by atoms with Gasteiger partial charge >= 0.3 is 0 Å². The van der Waals surface area contributed by atoms with Gasteiger partial charge in [0.2, 0.25) is 11.9 Å². The molecule has 0 aliphatic carbocycles. The summed E-state index contributed by atoms with van der Waals surface area (Å²) in [5.41, 5.74) is 10.7. The number of benzene rings is 2. The van der Waals surface area contributed by atoms with Gasteiger partial charge in [0, 0.05) is 31.9 Å². The second-order valence-corrected chi connectivity index (χ2v) is 7.74. The number of para-hydroxylation sites is 2. The number of hydrogen-bond donors (Lipinski definition) is 2. The van der Waals surface area contributed by atoms with E-state index in [4.69, 9.17) is 10.5 Å². The number of ether oxygens (including phenoxy) is 1. The lowest BCUT2D eigenvalue weighted by molar-refractivity contribution is 0.244. The Morgan fingerprint density at radius 3 is 2.52 bits per heavy atom. The number of nitrogens with zero attached hydrogens (tertiary/aromatic N) is 5. The molecule has 162 valence electrons. The number of aryl methyl sites for hydroxylation is 1. The lowest BCUT2D eigenvalue weighted by atomic mass is 10.1. The van der Waals surface area contributed by atoms with Crippen LogP contribution >= 0.6 is 0 Å². The van der Waals surface area contributed by atoms with Crippen molar-refractivity contribution in [2.24, 2.45) is 0 Å². The molecule has 1 saturated heterocycles. The lowest BCUT2D eigenvalue weighted by Gasteiger charge is -2.36. The Morgan fingerprint density at radius 1 is 0.968 bits per heavy atom. The van der Waals surface area contributed by atoms with E-state index < -0.39 is 0 Å². The van der Waals surface area contributed by atoms with Crippen LogP contribution in [-0.4, -0.2) is 53.1 Å². The number of nitrogens with one attached hydrogen (secondary N) is 1. The van der Waals surface area contributed by atoms with Gasteiger partial charge in [0.15, 0.2) is 0 Å². The minimum atomic E-state index is 0.205. The molecule has 0 radical (unpaired) electrons. The average molecular weight is 420 g/mol. The lowest BCUT2D eigenvalue weighted by Crippen LogP contribution is -2.46. The van der Waals surface area contributed by atoms with Crippen molar-refractivity contribution in [3.05, 3.63) is 59.4 Å². The highest BCUT2D eigenvalue weighted by atomic mass is 16.5. The Morgan fingerprint density at radius 2 is 1.74 bits per heavy atom. The second kappa shape index (κ2) is 9.18. The van der Waals surface area contributed by atoms with E-state index in [1.807, 2.05) is 24.3 Å². The highest BCUT2D eigenvalue weighted by molar-refractivity contribution is 5.62. The normalized spacial score (nSPS) is 14.5. The topological polar surface area (TPSA) is 92.4 Å². The van der Waals surface area contributed by atoms with Crippen LogP contribution < -0.4 is 20.7 Å². The molecule has 3 N–H and O–H groups in total. The number of nitrogen functional groups attached to an aromatic ring is 1. The Kier molecular flexibility index (Phi) is 6.18. The van der Waals surface area contributed by atoms with E-state index in [1.165, 1.54) is 16.8 Å². The third-order valence-electron chi connectivity index (χ3n) is 5.71. The van der Waals surface area contributed by atoms with Crippen molar-refractivity contribution in [1.29, 1.82) is 0 Å². The molecule has 1 aliphatic heterocycles. The van der Waals surface area contributed by atoms with Crippen LogP contribution in [0.5, 0.6) is 5.75 Å². The summed E-state index contributed by atoms with van der Waals surface area (Å²) in [7, 11) is 1.63. The van der Waals surface area contributed by atoms with Crippen LogP contribution in [0.4, 0.5) is 23.3 Å². The number of aromatic nitrogens is 3. The number of methoxy groups -OCH3 is 1. The molecular weight excluding hydrogens is 390 g/mol. The molecule has 8 heteroatoms. The van der Waals surface area contributed by atoms with E-state index in [0.29, 0.717) is 24.1 Å². The first kappa shape index (κ1) is 20.9. The van der Waals surface area contributed by atoms with Crippen LogP contribution in [0.1, 0.15) is 17.0 Å². The number of nitrogens with two attached hydrogens (primary N) is 1. The Hall–Kier alpha value is -3.39. The van der Waals surface area contributed by atoms with Crippen molar-refractivity contribution in [3.8, 4) is 5.75 Å². The molecule has 0 bridgehead atoms. The highest BCUT2D eigenvalue weighted by Crippen LogP contribution is 2.26. The van der Waals surface area contributed by atoms with Crippen molar-refractivity contribution in [2.75, 3.05) is 49.2 Å². The molecule has 0 amide bonds. The van der Waals surface area contributed by atoms with Gasteiger partial charge in [-0.25, -0.2) is 0 Å². The molecule has 1 fully saturated rings. The van der Waals surface area contributed by atoms with Gasteiger partial charge in [0.25, 0.3) is 0 Å². The van der Waals surface area contributed by atoms with Gasteiger partial charge in [-0.1, -0.05) is 24.3 Å². The first-order valence-corrected chi connectivity index (χ1v) is 10.5. The third-order valence-corrected chi connectivity index (χ3v) is 5.71. The summed E-state index contributed by atoms with van der Waals surface area (Å²) in [5.74, 6) is 1.99.